The van der Waals surface area contributed by atoms with E-state index in [1.54, 1.807) is 12.0 Å². The fraction of sp³-hybridized carbons (Fsp3) is 0.350. The Bertz CT molecular complexity index is 730. The summed E-state index contributed by atoms with van der Waals surface area (Å²) in [4.78, 5) is 14.5. The average molecular weight is 341 g/mol. The van der Waals surface area contributed by atoms with Crippen LogP contribution in [0, 0.1) is 0 Å². The number of amides is 1. The largest absolute Gasteiger partial charge is 0.495 e. The maximum absolute atomic E-state index is 12.8. The van der Waals surface area contributed by atoms with Crippen LogP contribution in [-0.4, -0.2) is 32.8 Å². The fourth-order valence-electron chi connectivity index (χ4n) is 3.09. The second kappa shape index (κ2) is 7.92. The van der Waals surface area contributed by atoms with Crippen LogP contribution in [0.25, 0.3) is 0 Å². The van der Waals surface area contributed by atoms with E-state index in [0.29, 0.717) is 24.7 Å². The maximum atomic E-state index is 12.8. The molecular formula is C20H23NO4. The van der Waals surface area contributed by atoms with Crippen LogP contribution in [0.2, 0.25) is 0 Å². The van der Waals surface area contributed by atoms with Crippen molar-refractivity contribution in [2.24, 2.45) is 0 Å². The maximum Gasteiger partial charge on any atom is 0.265 e. The molecule has 5 nitrogen and oxygen atoms in total. The Morgan fingerprint density at radius 2 is 1.76 bits per heavy atom. The van der Waals surface area contributed by atoms with E-state index in [2.05, 4.69) is 0 Å². The third kappa shape index (κ3) is 3.71. The highest BCUT2D eigenvalue weighted by atomic mass is 16.5. The van der Waals surface area contributed by atoms with Crippen LogP contribution >= 0.6 is 0 Å². The standard InChI is InChI=1S/C20H23NO4/c1-3-24-16-10-4-5-11-17(16)25-14-19(22)21-13-7-9-15-8-6-12-18(23-2)20(15)21/h4-6,8,10-12H,3,7,9,13-14H2,1-2H3. The molecule has 0 N–H and O–H groups in total. The van der Waals surface area contributed by atoms with E-state index in [1.807, 2.05) is 49.4 Å². The van der Waals surface area contributed by atoms with Crippen LogP contribution in [0.1, 0.15) is 18.9 Å². The van der Waals surface area contributed by atoms with Crippen molar-refractivity contribution in [3.8, 4) is 17.2 Å². The Morgan fingerprint density at radius 3 is 2.48 bits per heavy atom. The summed E-state index contributed by atoms with van der Waals surface area (Å²) in [6, 6.07) is 13.3. The van der Waals surface area contributed by atoms with E-state index in [9.17, 15) is 4.79 Å². The molecule has 0 aromatic heterocycles. The first-order chi connectivity index (χ1) is 12.2. The molecule has 2 aromatic rings. The summed E-state index contributed by atoms with van der Waals surface area (Å²) in [6.07, 6.45) is 1.88. The van der Waals surface area contributed by atoms with Crippen molar-refractivity contribution in [2.45, 2.75) is 19.8 Å². The normalized spacial score (nSPS) is 13.1. The summed E-state index contributed by atoms with van der Waals surface area (Å²) in [5, 5.41) is 0. The van der Waals surface area contributed by atoms with Gasteiger partial charge in [-0.25, -0.2) is 0 Å². The quantitative estimate of drug-likeness (QED) is 0.807. The van der Waals surface area contributed by atoms with Crippen molar-refractivity contribution in [3.63, 3.8) is 0 Å². The molecule has 0 fully saturated rings. The molecule has 1 amide bonds. The Labute approximate surface area is 148 Å². The van der Waals surface area contributed by atoms with Crippen molar-refractivity contribution in [1.82, 2.24) is 0 Å². The zero-order valence-corrected chi connectivity index (χ0v) is 14.7. The van der Waals surface area contributed by atoms with Crippen molar-refractivity contribution in [1.29, 1.82) is 0 Å². The number of aryl methyl sites for hydroxylation is 1. The number of fused-ring (bicyclic) bond motifs is 1. The number of hydrogen-bond acceptors (Lipinski definition) is 4. The van der Waals surface area contributed by atoms with Gasteiger partial charge in [-0.3, -0.25) is 4.79 Å². The Hall–Kier alpha value is -2.69. The van der Waals surface area contributed by atoms with Gasteiger partial charge in [-0.1, -0.05) is 24.3 Å². The number of nitrogens with zero attached hydrogens (tertiary/aromatic N) is 1. The number of carbonyl (C=O) groups excluding carboxylic acids is 1. The number of rotatable bonds is 6. The van der Waals surface area contributed by atoms with Gasteiger partial charge in [-0.15, -0.1) is 0 Å². The lowest BCUT2D eigenvalue weighted by molar-refractivity contribution is -0.120. The van der Waals surface area contributed by atoms with Gasteiger partial charge in [0.25, 0.3) is 5.91 Å². The summed E-state index contributed by atoms with van der Waals surface area (Å²) in [6.45, 7) is 3.09. The van der Waals surface area contributed by atoms with Crippen LogP contribution in [-0.2, 0) is 11.2 Å². The molecule has 0 saturated carbocycles. The van der Waals surface area contributed by atoms with Crippen LogP contribution < -0.4 is 19.1 Å². The first kappa shape index (κ1) is 17.1. The first-order valence-corrected chi connectivity index (χ1v) is 8.55. The molecule has 3 rings (SSSR count). The van der Waals surface area contributed by atoms with Gasteiger partial charge < -0.3 is 19.1 Å². The third-order valence-corrected chi connectivity index (χ3v) is 4.20. The smallest absolute Gasteiger partial charge is 0.265 e. The van der Waals surface area contributed by atoms with Crippen LogP contribution in [0.15, 0.2) is 42.5 Å². The summed E-state index contributed by atoms with van der Waals surface area (Å²) in [5.74, 6) is 1.86. The lowest BCUT2D eigenvalue weighted by Crippen LogP contribution is -2.39. The van der Waals surface area contributed by atoms with Crippen LogP contribution in [0.3, 0.4) is 0 Å². The SMILES string of the molecule is CCOc1ccccc1OCC(=O)N1CCCc2cccc(OC)c21. The molecule has 0 atom stereocenters. The van der Waals surface area contributed by atoms with Gasteiger partial charge in [-0.2, -0.15) is 0 Å². The number of hydrogen-bond donors (Lipinski definition) is 0. The topological polar surface area (TPSA) is 48.0 Å². The Kier molecular flexibility index (Phi) is 5.43. The number of benzene rings is 2. The van der Waals surface area contributed by atoms with E-state index < -0.39 is 0 Å². The van der Waals surface area contributed by atoms with Crippen molar-refractivity contribution < 1.29 is 19.0 Å². The number of carbonyl (C=O) groups is 1. The molecule has 0 bridgehead atoms. The van der Waals surface area contributed by atoms with Gasteiger partial charge >= 0.3 is 0 Å². The van der Waals surface area contributed by atoms with Gasteiger partial charge in [0, 0.05) is 6.54 Å². The molecule has 0 saturated heterocycles. The summed E-state index contributed by atoms with van der Waals surface area (Å²) in [7, 11) is 1.63. The van der Waals surface area contributed by atoms with Crippen LogP contribution in [0.5, 0.6) is 17.2 Å². The van der Waals surface area contributed by atoms with Gasteiger partial charge in [-0.05, 0) is 43.5 Å². The van der Waals surface area contributed by atoms with E-state index >= 15 is 0 Å². The molecule has 2 aromatic carbocycles. The minimum atomic E-state index is -0.0863. The summed E-state index contributed by atoms with van der Waals surface area (Å²) < 4.78 is 16.7. The predicted octanol–water partition coefficient (Wildman–Crippen LogP) is 3.45. The summed E-state index contributed by atoms with van der Waals surface area (Å²) >= 11 is 0. The Balaban J connectivity index is 1.76. The molecule has 25 heavy (non-hydrogen) atoms. The molecule has 0 unspecified atom stereocenters. The zero-order valence-electron chi connectivity index (χ0n) is 14.7. The lowest BCUT2D eigenvalue weighted by Gasteiger charge is -2.30. The second-order valence-corrected chi connectivity index (χ2v) is 5.79. The molecule has 1 aliphatic rings. The zero-order chi connectivity index (χ0) is 17.6. The van der Waals surface area contributed by atoms with E-state index in [0.717, 1.165) is 29.8 Å². The van der Waals surface area contributed by atoms with E-state index in [4.69, 9.17) is 14.2 Å². The highest BCUT2D eigenvalue weighted by molar-refractivity contribution is 5.97. The molecule has 0 aliphatic carbocycles. The average Bonchev–Trinajstić information content (AvgIpc) is 2.66. The monoisotopic (exact) mass is 341 g/mol. The minimum absolute atomic E-state index is 0.0401. The predicted molar refractivity (Wildman–Crippen MR) is 96.8 cm³/mol. The van der Waals surface area contributed by atoms with E-state index in [1.165, 1.54) is 0 Å². The number of anilines is 1. The molecule has 0 radical (unpaired) electrons. The van der Waals surface area contributed by atoms with E-state index in [-0.39, 0.29) is 12.5 Å². The minimum Gasteiger partial charge on any atom is -0.495 e. The fourth-order valence-corrected chi connectivity index (χ4v) is 3.09. The second-order valence-electron chi connectivity index (χ2n) is 5.79. The lowest BCUT2D eigenvalue weighted by atomic mass is 10.0. The van der Waals surface area contributed by atoms with Gasteiger partial charge in [0.1, 0.15) is 5.75 Å². The number of ether oxygens (including phenoxy) is 3. The van der Waals surface area contributed by atoms with Crippen molar-refractivity contribution >= 4 is 11.6 Å². The highest BCUT2D eigenvalue weighted by Gasteiger charge is 2.26. The number of methoxy groups -OCH3 is 1. The van der Waals surface area contributed by atoms with Gasteiger partial charge in [0.15, 0.2) is 18.1 Å². The van der Waals surface area contributed by atoms with Crippen molar-refractivity contribution in [2.75, 3.05) is 31.8 Å². The molecule has 132 valence electrons. The van der Waals surface area contributed by atoms with Gasteiger partial charge in [0.05, 0.1) is 19.4 Å². The molecule has 0 spiro atoms. The Morgan fingerprint density at radius 1 is 1.04 bits per heavy atom. The summed E-state index contributed by atoms with van der Waals surface area (Å²) in [5.41, 5.74) is 2.00. The number of para-hydroxylation sites is 3. The molecule has 5 heteroatoms. The first-order valence-electron chi connectivity index (χ1n) is 8.55. The molecule has 1 heterocycles. The molecule has 1 aliphatic heterocycles. The highest BCUT2D eigenvalue weighted by Crippen LogP contribution is 2.36. The third-order valence-electron chi connectivity index (χ3n) is 4.20. The molecular weight excluding hydrogens is 318 g/mol. The van der Waals surface area contributed by atoms with Crippen molar-refractivity contribution in [3.05, 3.63) is 48.0 Å². The van der Waals surface area contributed by atoms with Crippen LogP contribution in [0.4, 0.5) is 5.69 Å². The van der Waals surface area contributed by atoms with Gasteiger partial charge in [0.2, 0.25) is 0 Å².